The van der Waals surface area contributed by atoms with Crippen molar-refractivity contribution in [3.8, 4) is 5.75 Å². The summed E-state index contributed by atoms with van der Waals surface area (Å²) in [6, 6.07) is 5.02. The number of methoxy groups -OCH3 is 1. The molecule has 0 fully saturated rings. The number of nitrogens with zero attached hydrogens (tertiary/aromatic N) is 2. The highest BCUT2D eigenvalue weighted by Crippen LogP contribution is 2.29. The maximum atomic E-state index is 13.6. The molecule has 1 aromatic carbocycles. The normalized spacial score (nSPS) is 10.1. The molecule has 2 rings (SSSR count). The van der Waals surface area contributed by atoms with Crippen molar-refractivity contribution in [3.63, 3.8) is 0 Å². The second kappa shape index (κ2) is 5.71. The van der Waals surface area contributed by atoms with Gasteiger partial charge in [-0.05, 0) is 12.1 Å². The average Bonchev–Trinajstić information content (AvgIpc) is 2.43. The maximum Gasteiger partial charge on any atom is 0.224 e. The Bertz CT molecular complexity index is 542. The van der Waals surface area contributed by atoms with Gasteiger partial charge in [0.15, 0.2) is 11.6 Å². The third kappa shape index (κ3) is 3.03. The van der Waals surface area contributed by atoms with Crippen molar-refractivity contribution in [2.75, 3.05) is 24.8 Å². The molecule has 0 aliphatic rings. The number of ether oxygens (including phenoxy) is 1. The van der Waals surface area contributed by atoms with Crippen LogP contribution in [0.2, 0.25) is 5.02 Å². The minimum atomic E-state index is -0.571. The van der Waals surface area contributed by atoms with Crippen molar-refractivity contribution in [3.05, 3.63) is 35.2 Å². The molecule has 2 aromatic rings. The molecule has 2 N–H and O–H groups in total. The largest absolute Gasteiger partial charge is 0.497 e. The SMILES string of the molecule is CNc1ncc(F)c(Nc2cc(OC)ccc2Cl)n1. The van der Waals surface area contributed by atoms with Crippen LogP contribution < -0.4 is 15.4 Å². The minimum absolute atomic E-state index is 0.0366. The van der Waals surface area contributed by atoms with E-state index in [-0.39, 0.29) is 5.82 Å². The standard InChI is InChI=1S/C12H12ClFN4O/c1-15-12-16-6-9(14)11(18-12)17-10-5-7(19-2)3-4-8(10)13/h3-6H,1-2H3,(H2,15,16,17,18). The molecule has 0 aliphatic heterocycles. The molecule has 7 heteroatoms. The molecule has 100 valence electrons. The Morgan fingerprint density at radius 3 is 2.84 bits per heavy atom. The maximum absolute atomic E-state index is 13.6. The van der Waals surface area contributed by atoms with Crippen LogP contribution in [0.3, 0.4) is 0 Å². The summed E-state index contributed by atoms with van der Waals surface area (Å²) in [7, 11) is 3.19. The summed E-state index contributed by atoms with van der Waals surface area (Å²) in [4.78, 5) is 7.74. The fraction of sp³-hybridized carbons (Fsp3) is 0.167. The molecule has 0 aliphatic carbocycles. The summed E-state index contributed by atoms with van der Waals surface area (Å²) < 4.78 is 18.7. The molecular formula is C12H12ClFN4O. The molecule has 0 spiro atoms. The zero-order chi connectivity index (χ0) is 13.8. The van der Waals surface area contributed by atoms with Crippen LogP contribution in [0.5, 0.6) is 5.75 Å². The van der Waals surface area contributed by atoms with Crippen molar-refractivity contribution in [2.24, 2.45) is 0 Å². The van der Waals surface area contributed by atoms with E-state index < -0.39 is 5.82 Å². The van der Waals surface area contributed by atoms with Crippen molar-refractivity contribution in [1.29, 1.82) is 0 Å². The first-order valence-electron chi connectivity index (χ1n) is 5.45. The predicted molar refractivity (Wildman–Crippen MR) is 72.8 cm³/mol. The van der Waals surface area contributed by atoms with Gasteiger partial charge in [-0.2, -0.15) is 4.98 Å². The summed E-state index contributed by atoms with van der Waals surface area (Å²) in [5.41, 5.74) is 0.501. The molecule has 5 nitrogen and oxygen atoms in total. The van der Waals surface area contributed by atoms with Crippen molar-refractivity contribution in [2.45, 2.75) is 0 Å². The van der Waals surface area contributed by atoms with Crippen LogP contribution >= 0.6 is 11.6 Å². The van der Waals surface area contributed by atoms with Crippen LogP contribution in [0.1, 0.15) is 0 Å². The molecule has 1 aromatic heterocycles. The Kier molecular flexibility index (Phi) is 4.01. The molecule has 0 saturated heterocycles. The van der Waals surface area contributed by atoms with E-state index in [1.807, 2.05) is 0 Å². The van der Waals surface area contributed by atoms with Gasteiger partial charge >= 0.3 is 0 Å². The van der Waals surface area contributed by atoms with Gasteiger partial charge < -0.3 is 15.4 Å². The highest BCUT2D eigenvalue weighted by molar-refractivity contribution is 6.33. The summed E-state index contributed by atoms with van der Waals surface area (Å²) in [6.07, 6.45) is 1.08. The van der Waals surface area contributed by atoms with Crippen molar-refractivity contribution >= 4 is 29.1 Å². The summed E-state index contributed by atoms with van der Waals surface area (Å²) in [5.74, 6) is 0.380. The fourth-order valence-corrected chi connectivity index (χ4v) is 1.59. The molecule has 0 saturated carbocycles. The fourth-order valence-electron chi connectivity index (χ4n) is 1.43. The van der Waals surface area contributed by atoms with E-state index in [2.05, 4.69) is 20.6 Å². The van der Waals surface area contributed by atoms with Gasteiger partial charge in [-0.3, -0.25) is 0 Å². The lowest BCUT2D eigenvalue weighted by molar-refractivity contribution is 0.415. The van der Waals surface area contributed by atoms with Gasteiger partial charge in [0.1, 0.15) is 5.75 Å². The second-order valence-corrected chi connectivity index (χ2v) is 4.02. The van der Waals surface area contributed by atoms with Crippen LogP contribution in [0.4, 0.5) is 21.8 Å². The van der Waals surface area contributed by atoms with Gasteiger partial charge in [-0.1, -0.05) is 11.6 Å². The first-order chi connectivity index (χ1) is 9.13. The van der Waals surface area contributed by atoms with Gasteiger partial charge in [0.25, 0.3) is 0 Å². The van der Waals surface area contributed by atoms with Gasteiger partial charge in [0.05, 0.1) is 24.0 Å². The van der Waals surface area contributed by atoms with E-state index in [9.17, 15) is 4.39 Å². The van der Waals surface area contributed by atoms with Crippen molar-refractivity contribution in [1.82, 2.24) is 9.97 Å². The van der Waals surface area contributed by atoms with Crippen LogP contribution in [0, 0.1) is 5.82 Å². The molecule has 0 radical (unpaired) electrons. The zero-order valence-corrected chi connectivity index (χ0v) is 11.1. The summed E-state index contributed by atoms with van der Waals surface area (Å²) >= 11 is 6.03. The quantitative estimate of drug-likeness (QED) is 0.902. The number of hydrogen-bond donors (Lipinski definition) is 2. The second-order valence-electron chi connectivity index (χ2n) is 3.61. The summed E-state index contributed by atoms with van der Waals surface area (Å²) in [5, 5.41) is 5.98. The van der Waals surface area contributed by atoms with Crippen LogP contribution in [-0.4, -0.2) is 24.1 Å². The number of rotatable bonds is 4. The lowest BCUT2D eigenvalue weighted by atomic mass is 10.3. The Hall–Kier alpha value is -2.08. The van der Waals surface area contributed by atoms with Gasteiger partial charge in [-0.25, -0.2) is 9.37 Å². The van der Waals surface area contributed by atoms with Crippen LogP contribution in [-0.2, 0) is 0 Å². The predicted octanol–water partition coefficient (Wildman–Crippen LogP) is 3.06. The number of benzene rings is 1. The highest BCUT2D eigenvalue weighted by atomic mass is 35.5. The average molecular weight is 283 g/mol. The van der Waals surface area contributed by atoms with E-state index in [0.717, 1.165) is 6.20 Å². The first kappa shape index (κ1) is 13.4. The Morgan fingerprint density at radius 2 is 2.16 bits per heavy atom. The third-order valence-electron chi connectivity index (χ3n) is 2.39. The topological polar surface area (TPSA) is 59.1 Å². The molecule has 1 heterocycles. The van der Waals surface area contributed by atoms with E-state index >= 15 is 0 Å². The first-order valence-corrected chi connectivity index (χ1v) is 5.82. The highest BCUT2D eigenvalue weighted by Gasteiger charge is 2.09. The molecule has 0 unspecified atom stereocenters. The number of halogens is 2. The number of anilines is 3. The van der Waals surface area contributed by atoms with Crippen LogP contribution in [0.15, 0.2) is 24.4 Å². The Balaban J connectivity index is 2.35. The van der Waals surface area contributed by atoms with Crippen molar-refractivity contribution < 1.29 is 9.13 Å². The molecule has 0 amide bonds. The number of hydrogen-bond acceptors (Lipinski definition) is 5. The smallest absolute Gasteiger partial charge is 0.224 e. The number of nitrogens with one attached hydrogen (secondary N) is 2. The Labute approximate surface area is 114 Å². The summed E-state index contributed by atoms with van der Waals surface area (Å²) in [6.45, 7) is 0. The Morgan fingerprint density at radius 1 is 1.37 bits per heavy atom. The van der Waals surface area contributed by atoms with E-state index in [1.54, 1.807) is 25.2 Å². The molecule has 19 heavy (non-hydrogen) atoms. The molecule has 0 bridgehead atoms. The monoisotopic (exact) mass is 282 g/mol. The lowest BCUT2D eigenvalue weighted by Gasteiger charge is -2.10. The van der Waals surface area contributed by atoms with E-state index in [4.69, 9.17) is 16.3 Å². The lowest BCUT2D eigenvalue weighted by Crippen LogP contribution is -2.03. The third-order valence-corrected chi connectivity index (χ3v) is 2.72. The zero-order valence-electron chi connectivity index (χ0n) is 10.4. The molecular weight excluding hydrogens is 271 g/mol. The molecule has 0 atom stereocenters. The number of aromatic nitrogens is 2. The minimum Gasteiger partial charge on any atom is -0.497 e. The van der Waals surface area contributed by atoms with Gasteiger partial charge in [0, 0.05) is 13.1 Å². The van der Waals surface area contributed by atoms with Gasteiger partial charge in [0.2, 0.25) is 5.95 Å². The van der Waals surface area contributed by atoms with Gasteiger partial charge in [-0.15, -0.1) is 0 Å². The van der Waals surface area contributed by atoms with Crippen LogP contribution in [0.25, 0.3) is 0 Å². The van der Waals surface area contributed by atoms with E-state index in [0.29, 0.717) is 22.4 Å². The van der Waals surface area contributed by atoms with E-state index in [1.165, 1.54) is 7.11 Å².